The maximum atomic E-state index is 14.0. The van der Waals surface area contributed by atoms with Gasteiger partial charge >= 0.3 is 0 Å². The van der Waals surface area contributed by atoms with Crippen LogP contribution >= 0.6 is 0 Å². The van der Waals surface area contributed by atoms with Gasteiger partial charge in [-0.1, -0.05) is 23.7 Å². The minimum Gasteiger partial charge on any atom is -0.409 e. The molecule has 1 saturated heterocycles. The number of hydrogen-bond donors (Lipinski definition) is 3. The number of nitrogens with one attached hydrogen (secondary N) is 1. The third kappa shape index (κ3) is 3.71. The Labute approximate surface area is 124 Å². The van der Waals surface area contributed by atoms with Crippen molar-refractivity contribution in [3.05, 3.63) is 35.1 Å². The number of nitrogens with zero attached hydrogens (tertiary/aromatic N) is 2. The molecule has 1 fully saturated rings. The lowest BCUT2D eigenvalue weighted by Gasteiger charge is -2.39. The monoisotopic (exact) mass is 294 g/mol. The first-order valence-corrected chi connectivity index (χ1v) is 7.31. The van der Waals surface area contributed by atoms with Gasteiger partial charge in [-0.2, -0.15) is 0 Å². The van der Waals surface area contributed by atoms with E-state index in [2.05, 4.69) is 29.4 Å². The zero-order chi connectivity index (χ0) is 15.4. The van der Waals surface area contributed by atoms with Gasteiger partial charge in [0.25, 0.3) is 0 Å². The van der Waals surface area contributed by atoms with Crippen LogP contribution in [0, 0.1) is 5.82 Å². The second-order valence-corrected chi connectivity index (χ2v) is 5.66. The molecular formula is C15H23FN4O. The van der Waals surface area contributed by atoms with E-state index >= 15 is 0 Å². The molecule has 2 unspecified atom stereocenters. The van der Waals surface area contributed by atoms with Crippen molar-refractivity contribution in [2.24, 2.45) is 10.9 Å². The highest BCUT2D eigenvalue weighted by Crippen LogP contribution is 2.21. The maximum absolute atomic E-state index is 14.0. The summed E-state index contributed by atoms with van der Waals surface area (Å²) < 4.78 is 14.0. The molecule has 21 heavy (non-hydrogen) atoms. The van der Waals surface area contributed by atoms with Crippen LogP contribution in [0.4, 0.5) is 4.39 Å². The van der Waals surface area contributed by atoms with Crippen molar-refractivity contribution >= 4 is 5.84 Å². The molecule has 0 saturated carbocycles. The summed E-state index contributed by atoms with van der Waals surface area (Å²) in [5, 5.41) is 13.7. The van der Waals surface area contributed by atoms with E-state index < -0.39 is 0 Å². The van der Waals surface area contributed by atoms with Gasteiger partial charge < -0.3 is 10.9 Å². The van der Waals surface area contributed by atoms with Crippen molar-refractivity contribution < 1.29 is 9.60 Å². The average molecular weight is 294 g/mol. The molecule has 1 aliphatic heterocycles. The summed E-state index contributed by atoms with van der Waals surface area (Å²) >= 11 is 0. The smallest absolute Gasteiger partial charge is 0.170 e. The van der Waals surface area contributed by atoms with Crippen molar-refractivity contribution in [2.45, 2.75) is 51.7 Å². The molecular weight excluding hydrogens is 271 g/mol. The quantitative estimate of drug-likeness (QED) is 0.344. The Hall–Kier alpha value is -1.66. The van der Waals surface area contributed by atoms with Crippen molar-refractivity contribution in [3.8, 4) is 0 Å². The number of nitrogens with two attached hydrogens (primary N) is 1. The first-order valence-electron chi connectivity index (χ1n) is 7.31. The molecule has 116 valence electrons. The number of piperidine rings is 1. The van der Waals surface area contributed by atoms with Crippen molar-refractivity contribution in [1.29, 1.82) is 0 Å². The van der Waals surface area contributed by atoms with E-state index in [-0.39, 0.29) is 11.7 Å². The summed E-state index contributed by atoms with van der Waals surface area (Å²) in [7, 11) is 0. The van der Waals surface area contributed by atoms with Crippen LogP contribution in [0.2, 0.25) is 0 Å². The number of oxime groups is 1. The number of hydrogen-bond acceptors (Lipinski definition) is 4. The highest BCUT2D eigenvalue weighted by Gasteiger charge is 2.24. The number of rotatable bonds is 4. The molecule has 0 spiro atoms. The molecule has 1 aliphatic rings. The van der Waals surface area contributed by atoms with E-state index in [0.717, 1.165) is 12.8 Å². The third-order valence-corrected chi connectivity index (χ3v) is 4.10. The van der Waals surface area contributed by atoms with Crippen LogP contribution in [0.5, 0.6) is 0 Å². The van der Waals surface area contributed by atoms with Gasteiger partial charge in [0.1, 0.15) is 5.82 Å². The molecule has 0 aliphatic carbocycles. The van der Waals surface area contributed by atoms with Crippen LogP contribution < -0.4 is 11.2 Å². The van der Waals surface area contributed by atoms with Crippen LogP contribution in [-0.2, 0) is 6.54 Å². The van der Waals surface area contributed by atoms with E-state index in [1.54, 1.807) is 12.1 Å². The van der Waals surface area contributed by atoms with E-state index in [9.17, 15) is 4.39 Å². The first-order chi connectivity index (χ1) is 10.0. The molecule has 4 N–H and O–H groups in total. The van der Waals surface area contributed by atoms with Crippen LogP contribution in [0.3, 0.4) is 0 Å². The Balaban J connectivity index is 2.03. The lowest BCUT2D eigenvalue weighted by atomic mass is 10.00. The predicted octanol–water partition coefficient (Wildman–Crippen LogP) is 2.19. The molecule has 0 amide bonds. The lowest BCUT2D eigenvalue weighted by Crippen LogP contribution is -2.51. The summed E-state index contributed by atoms with van der Waals surface area (Å²) in [6.07, 6.45) is 3.55. The predicted molar refractivity (Wildman–Crippen MR) is 80.4 cm³/mol. The van der Waals surface area contributed by atoms with E-state index in [1.165, 1.54) is 12.5 Å². The van der Waals surface area contributed by atoms with Gasteiger partial charge in [-0.05, 0) is 32.8 Å². The van der Waals surface area contributed by atoms with E-state index in [0.29, 0.717) is 29.8 Å². The molecule has 2 rings (SSSR count). The zero-order valence-electron chi connectivity index (χ0n) is 12.5. The summed E-state index contributed by atoms with van der Waals surface area (Å²) in [6, 6.07) is 5.50. The molecule has 0 aromatic heterocycles. The lowest BCUT2D eigenvalue weighted by molar-refractivity contribution is 0.0432. The summed E-state index contributed by atoms with van der Waals surface area (Å²) in [5.74, 6) is -0.449. The molecule has 6 heteroatoms. The third-order valence-electron chi connectivity index (χ3n) is 4.10. The molecule has 1 aromatic rings. The number of halogens is 1. The van der Waals surface area contributed by atoms with Gasteiger partial charge in [0.2, 0.25) is 0 Å². The molecule has 1 heterocycles. The zero-order valence-corrected chi connectivity index (χ0v) is 12.5. The van der Waals surface area contributed by atoms with Crippen molar-refractivity contribution in [1.82, 2.24) is 10.4 Å². The SMILES string of the molecule is CC1CCCC(C)N1NCc1ccc(/C(N)=N/O)cc1F. The van der Waals surface area contributed by atoms with E-state index in [4.69, 9.17) is 10.9 Å². The number of benzene rings is 1. The normalized spacial score (nSPS) is 24.2. The topological polar surface area (TPSA) is 73.9 Å². The maximum Gasteiger partial charge on any atom is 0.170 e. The van der Waals surface area contributed by atoms with Gasteiger partial charge in [0.05, 0.1) is 0 Å². The highest BCUT2D eigenvalue weighted by atomic mass is 19.1. The Morgan fingerprint density at radius 1 is 1.43 bits per heavy atom. The Kier molecular flexibility index (Phi) is 5.14. The number of hydrazine groups is 1. The van der Waals surface area contributed by atoms with Gasteiger partial charge in [0.15, 0.2) is 5.84 Å². The fourth-order valence-corrected chi connectivity index (χ4v) is 2.82. The fourth-order valence-electron chi connectivity index (χ4n) is 2.82. The molecule has 1 aromatic carbocycles. The second kappa shape index (κ2) is 6.87. The molecule has 2 atom stereocenters. The van der Waals surface area contributed by atoms with Crippen LogP contribution in [0.15, 0.2) is 23.4 Å². The fraction of sp³-hybridized carbons (Fsp3) is 0.533. The van der Waals surface area contributed by atoms with Gasteiger partial charge in [-0.15, -0.1) is 0 Å². The summed E-state index contributed by atoms with van der Waals surface area (Å²) in [6.45, 7) is 4.79. The van der Waals surface area contributed by atoms with Gasteiger partial charge in [-0.25, -0.2) is 9.40 Å². The Bertz CT molecular complexity index is 510. The Morgan fingerprint density at radius 3 is 2.67 bits per heavy atom. The molecule has 5 nitrogen and oxygen atoms in total. The summed E-state index contributed by atoms with van der Waals surface area (Å²) in [4.78, 5) is 0. The summed E-state index contributed by atoms with van der Waals surface area (Å²) in [5.41, 5.74) is 9.71. The number of amidine groups is 1. The van der Waals surface area contributed by atoms with E-state index in [1.807, 2.05) is 0 Å². The Morgan fingerprint density at radius 2 is 2.10 bits per heavy atom. The van der Waals surface area contributed by atoms with Crippen LogP contribution in [-0.4, -0.2) is 28.1 Å². The first kappa shape index (κ1) is 15.7. The highest BCUT2D eigenvalue weighted by molar-refractivity contribution is 5.97. The minimum atomic E-state index is -0.357. The van der Waals surface area contributed by atoms with Crippen LogP contribution in [0.1, 0.15) is 44.2 Å². The molecule has 0 radical (unpaired) electrons. The minimum absolute atomic E-state index is 0.0910. The van der Waals surface area contributed by atoms with Crippen molar-refractivity contribution in [3.63, 3.8) is 0 Å². The largest absolute Gasteiger partial charge is 0.409 e. The second-order valence-electron chi connectivity index (χ2n) is 5.66. The molecule has 0 bridgehead atoms. The van der Waals surface area contributed by atoms with Gasteiger partial charge in [-0.3, -0.25) is 5.43 Å². The van der Waals surface area contributed by atoms with Gasteiger partial charge in [0, 0.05) is 29.8 Å². The standard InChI is InChI=1S/C15H23FN4O/c1-10-4-3-5-11(2)20(10)18-9-13-7-6-12(8-14(13)16)15(17)19-21/h6-8,10-11,18,21H,3-5,9H2,1-2H3,(H2,17,19). The average Bonchev–Trinajstić information content (AvgIpc) is 2.47. The van der Waals surface area contributed by atoms with Crippen molar-refractivity contribution in [2.75, 3.05) is 0 Å². The van der Waals surface area contributed by atoms with Crippen LogP contribution in [0.25, 0.3) is 0 Å².